The lowest BCUT2D eigenvalue weighted by Gasteiger charge is -2.20. The Labute approximate surface area is 128 Å². The van der Waals surface area contributed by atoms with Gasteiger partial charge in [-0.25, -0.2) is 4.98 Å². The maximum absolute atomic E-state index is 11.7. The summed E-state index contributed by atoms with van der Waals surface area (Å²) in [6, 6.07) is 7.84. The van der Waals surface area contributed by atoms with Crippen molar-refractivity contribution in [1.29, 1.82) is 0 Å². The van der Waals surface area contributed by atoms with Gasteiger partial charge in [0.05, 0.1) is 11.6 Å². The summed E-state index contributed by atoms with van der Waals surface area (Å²) in [4.78, 5) is 15.7. The molecule has 112 valence electrons. The summed E-state index contributed by atoms with van der Waals surface area (Å²) in [7, 11) is 0. The fourth-order valence-corrected chi connectivity index (χ4v) is 2.46. The first-order chi connectivity index (χ1) is 9.88. The van der Waals surface area contributed by atoms with Crippen molar-refractivity contribution in [2.24, 2.45) is 0 Å². The molecule has 21 heavy (non-hydrogen) atoms. The van der Waals surface area contributed by atoms with Crippen molar-refractivity contribution in [3.05, 3.63) is 52.0 Å². The summed E-state index contributed by atoms with van der Waals surface area (Å²) < 4.78 is 0. The normalized spacial score (nSPS) is 13.0. The molecule has 1 aromatic heterocycles. The molecule has 0 radical (unpaired) electrons. The minimum absolute atomic E-state index is 0.0856. The first-order valence-corrected chi connectivity index (χ1v) is 7.77. The van der Waals surface area contributed by atoms with E-state index in [1.54, 1.807) is 10.9 Å². The standard InChI is InChI=1S/C16H20N2O2S/c1-16(2,3)12-6-4-11(5-7-12)14(19)8-17-15(20)13-9-21-10-18-13/h4-7,9-10,14,19H,8H2,1-3H3,(H,17,20). The summed E-state index contributed by atoms with van der Waals surface area (Å²) in [5.41, 5.74) is 4.08. The largest absolute Gasteiger partial charge is 0.387 e. The molecule has 5 heteroatoms. The Morgan fingerprint density at radius 1 is 1.33 bits per heavy atom. The van der Waals surface area contributed by atoms with E-state index in [2.05, 4.69) is 31.1 Å². The number of rotatable bonds is 4. The Hall–Kier alpha value is -1.72. The van der Waals surface area contributed by atoms with Gasteiger partial charge in [-0.15, -0.1) is 11.3 Å². The lowest BCUT2D eigenvalue weighted by molar-refractivity contribution is 0.0912. The number of carbonyl (C=O) groups is 1. The molecule has 0 fully saturated rings. The lowest BCUT2D eigenvalue weighted by atomic mass is 9.86. The quantitative estimate of drug-likeness (QED) is 0.913. The van der Waals surface area contributed by atoms with Crippen LogP contribution in [-0.4, -0.2) is 22.5 Å². The zero-order chi connectivity index (χ0) is 15.5. The highest BCUT2D eigenvalue weighted by Gasteiger charge is 2.15. The van der Waals surface area contributed by atoms with Crippen LogP contribution in [0.1, 0.15) is 48.5 Å². The van der Waals surface area contributed by atoms with Gasteiger partial charge < -0.3 is 10.4 Å². The number of nitrogens with zero attached hydrogens (tertiary/aromatic N) is 1. The minimum atomic E-state index is -0.721. The average molecular weight is 304 g/mol. The number of aliphatic hydroxyl groups excluding tert-OH is 1. The van der Waals surface area contributed by atoms with E-state index in [-0.39, 0.29) is 17.9 Å². The van der Waals surface area contributed by atoms with Crippen LogP contribution in [0.25, 0.3) is 0 Å². The number of benzene rings is 1. The fourth-order valence-electron chi connectivity index (χ4n) is 1.93. The molecule has 1 aromatic carbocycles. The number of amides is 1. The van der Waals surface area contributed by atoms with Crippen LogP contribution in [0.3, 0.4) is 0 Å². The van der Waals surface area contributed by atoms with Crippen LogP contribution in [0.2, 0.25) is 0 Å². The van der Waals surface area contributed by atoms with Crippen molar-refractivity contribution in [3.63, 3.8) is 0 Å². The van der Waals surface area contributed by atoms with Crippen LogP contribution < -0.4 is 5.32 Å². The van der Waals surface area contributed by atoms with Crippen LogP contribution in [0, 0.1) is 0 Å². The first kappa shape index (κ1) is 15.7. The summed E-state index contributed by atoms with van der Waals surface area (Å²) >= 11 is 1.37. The average Bonchev–Trinajstić information content (AvgIpc) is 2.98. The highest BCUT2D eigenvalue weighted by atomic mass is 32.1. The van der Waals surface area contributed by atoms with Gasteiger partial charge in [0.15, 0.2) is 0 Å². The summed E-state index contributed by atoms with van der Waals surface area (Å²) in [5, 5.41) is 14.5. The molecule has 1 unspecified atom stereocenters. The fraction of sp³-hybridized carbons (Fsp3) is 0.375. The number of carbonyl (C=O) groups excluding carboxylic acids is 1. The second-order valence-corrected chi connectivity index (χ2v) is 6.69. The van der Waals surface area contributed by atoms with Gasteiger partial charge in [0.25, 0.3) is 5.91 Å². The number of aliphatic hydroxyl groups is 1. The van der Waals surface area contributed by atoms with Crippen molar-refractivity contribution in [1.82, 2.24) is 10.3 Å². The predicted octanol–water partition coefficient (Wildman–Crippen LogP) is 2.90. The van der Waals surface area contributed by atoms with E-state index in [0.29, 0.717) is 5.69 Å². The zero-order valence-corrected chi connectivity index (χ0v) is 13.3. The molecule has 0 saturated carbocycles. The maximum atomic E-state index is 11.7. The smallest absolute Gasteiger partial charge is 0.270 e. The Morgan fingerprint density at radius 2 is 2.00 bits per heavy atom. The molecule has 1 amide bonds. The topological polar surface area (TPSA) is 62.2 Å². The molecule has 2 rings (SSSR count). The zero-order valence-electron chi connectivity index (χ0n) is 12.5. The molecule has 0 spiro atoms. The Morgan fingerprint density at radius 3 is 2.52 bits per heavy atom. The highest BCUT2D eigenvalue weighted by molar-refractivity contribution is 7.07. The van der Waals surface area contributed by atoms with Crippen molar-refractivity contribution in [2.45, 2.75) is 32.3 Å². The molecule has 4 nitrogen and oxygen atoms in total. The van der Waals surface area contributed by atoms with Gasteiger partial charge in [-0.3, -0.25) is 4.79 Å². The third kappa shape index (κ3) is 4.12. The van der Waals surface area contributed by atoms with Crippen molar-refractivity contribution in [2.75, 3.05) is 6.54 Å². The molecule has 0 bridgehead atoms. The van der Waals surface area contributed by atoms with Crippen LogP contribution in [0.5, 0.6) is 0 Å². The Bertz CT molecular complexity index is 586. The predicted molar refractivity (Wildman–Crippen MR) is 84.5 cm³/mol. The molecule has 2 aromatic rings. The van der Waals surface area contributed by atoms with Crippen molar-refractivity contribution < 1.29 is 9.90 Å². The number of hydrogen-bond donors (Lipinski definition) is 2. The van der Waals surface area contributed by atoms with E-state index in [4.69, 9.17) is 0 Å². The van der Waals surface area contributed by atoms with Gasteiger partial charge in [-0.2, -0.15) is 0 Å². The van der Waals surface area contributed by atoms with Crippen molar-refractivity contribution >= 4 is 17.2 Å². The van der Waals surface area contributed by atoms with E-state index in [1.165, 1.54) is 16.9 Å². The molecule has 0 aliphatic rings. The van der Waals surface area contributed by atoms with E-state index < -0.39 is 6.10 Å². The molecule has 0 aliphatic carbocycles. The van der Waals surface area contributed by atoms with E-state index in [0.717, 1.165) is 5.56 Å². The summed E-state index contributed by atoms with van der Waals surface area (Å²) in [6.07, 6.45) is -0.721. The van der Waals surface area contributed by atoms with Crippen molar-refractivity contribution in [3.8, 4) is 0 Å². The Kier molecular flexibility index (Phi) is 4.75. The molecule has 2 N–H and O–H groups in total. The van der Waals surface area contributed by atoms with E-state index >= 15 is 0 Å². The second kappa shape index (κ2) is 6.37. The van der Waals surface area contributed by atoms with Crippen LogP contribution in [0.15, 0.2) is 35.2 Å². The van der Waals surface area contributed by atoms with Crippen LogP contribution in [-0.2, 0) is 5.41 Å². The van der Waals surface area contributed by atoms with Gasteiger partial charge in [0, 0.05) is 11.9 Å². The minimum Gasteiger partial charge on any atom is -0.387 e. The SMILES string of the molecule is CC(C)(C)c1ccc(C(O)CNC(=O)c2cscn2)cc1. The van der Waals surface area contributed by atoms with Gasteiger partial charge in [-0.1, -0.05) is 45.0 Å². The third-order valence-electron chi connectivity index (χ3n) is 3.28. The number of nitrogens with one attached hydrogen (secondary N) is 1. The summed E-state index contributed by atoms with van der Waals surface area (Å²) in [6.45, 7) is 6.61. The molecule has 0 saturated heterocycles. The number of aromatic nitrogens is 1. The van der Waals surface area contributed by atoms with Crippen LogP contribution >= 0.6 is 11.3 Å². The highest BCUT2D eigenvalue weighted by Crippen LogP contribution is 2.23. The third-order valence-corrected chi connectivity index (χ3v) is 3.87. The van der Waals surface area contributed by atoms with Gasteiger partial charge in [0.1, 0.15) is 5.69 Å². The number of thiazole rings is 1. The summed E-state index contributed by atoms with van der Waals surface area (Å²) in [5.74, 6) is -0.262. The monoisotopic (exact) mass is 304 g/mol. The van der Waals surface area contributed by atoms with Gasteiger partial charge >= 0.3 is 0 Å². The number of hydrogen-bond acceptors (Lipinski definition) is 4. The molecule has 0 aliphatic heterocycles. The second-order valence-electron chi connectivity index (χ2n) is 5.97. The molecular weight excluding hydrogens is 284 g/mol. The van der Waals surface area contributed by atoms with Gasteiger partial charge in [0.2, 0.25) is 0 Å². The molecule has 1 atom stereocenters. The molecule has 1 heterocycles. The van der Waals surface area contributed by atoms with E-state index in [1.807, 2.05) is 24.3 Å². The van der Waals surface area contributed by atoms with E-state index in [9.17, 15) is 9.90 Å². The Balaban J connectivity index is 1.94. The maximum Gasteiger partial charge on any atom is 0.270 e. The first-order valence-electron chi connectivity index (χ1n) is 6.83. The lowest BCUT2D eigenvalue weighted by Crippen LogP contribution is -2.28. The van der Waals surface area contributed by atoms with Crippen LogP contribution in [0.4, 0.5) is 0 Å². The molecular formula is C16H20N2O2S. The van der Waals surface area contributed by atoms with Gasteiger partial charge in [-0.05, 0) is 16.5 Å².